The zero-order chi connectivity index (χ0) is 13.3. The Morgan fingerprint density at radius 1 is 1.21 bits per heavy atom. The minimum absolute atomic E-state index is 0.468. The maximum Gasteiger partial charge on any atom is 0.119 e. The molecule has 0 spiro atoms. The van der Waals surface area contributed by atoms with Crippen LogP contribution in [0.15, 0.2) is 24.3 Å². The van der Waals surface area contributed by atoms with Crippen LogP contribution in [0, 0.1) is 0 Å². The molecule has 1 heterocycles. The fraction of sp³-hybridized carbons (Fsp3) is 0.600. The highest BCUT2D eigenvalue weighted by Gasteiger charge is 2.14. The molecule has 106 valence electrons. The third-order valence-electron chi connectivity index (χ3n) is 3.27. The summed E-state index contributed by atoms with van der Waals surface area (Å²) in [5, 5.41) is 3.38. The van der Waals surface area contributed by atoms with E-state index in [4.69, 9.17) is 14.2 Å². The molecule has 4 nitrogen and oxygen atoms in total. The van der Waals surface area contributed by atoms with Crippen molar-refractivity contribution in [2.75, 3.05) is 33.4 Å². The molecule has 1 aromatic carbocycles. The third-order valence-corrected chi connectivity index (χ3v) is 3.27. The molecule has 1 unspecified atom stereocenters. The maximum absolute atomic E-state index is 5.63. The first-order chi connectivity index (χ1) is 9.38. The maximum atomic E-state index is 5.63. The van der Waals surface area contributed by atoms with Crippen LogP contribution in [0.2, 0.25) is 0 Å². The van der Waals surface area contributed by atoms with Crippen molar-refractivity contribution >= 4 is 0 Å². The van der Waals surface area contributed by atoms with Crippen molar-refractivity contribution < 1.29 is 14.2 Å². The molecule has 1 fully saturated rings. The zero-order valence-electron chi connectivity index (χ0n) is 11.6. The van der Waals surface area contributed by atoms with Crippen molar-refractivity contribution in [3.63, 3.8) is 0 Å². The summed E-state index contributed by atoms with van der Waals surface area (Å²) in [6, 6.07) is 7.65. The number of nitrogens with one attached hydrogen (secondary N) is 1. The highest BCUT2D eigenvalue weighted by atomic mass is 16.5. The largest absolute Gasteiger partial charge is 0.497 e. The average molecular weight is 265 g/mol. The number of hydrogen-bond donors (Lipinski definition) is 1. The summed E-state index contributed by atoms with van der Waals surface area (Å²) in [6.07, 6.45) is 3.99. The Bertz CT molecular complexity index is 347. The van der Waals surface area contributed by atoms with E-state index in [-0.39, 0.29) is 0 Å². The molecule has 0 radical (unpaired) electrons. The number of benzene rings is 1. The van der Waals surface area contributed by atoms with Gasteiger partial charge in [-0.15, -0.1) is 0 Å². The Kier molecular flexibility index (Phi) is 5.98. The molecule has 0 aromatic heterocycles. The molecule has 0 saturated carbocycles. The monoisotopic (exact) mass is 265 g/mol. The molecule has 19 heavy (non-hydrogen) atoms. The lowest BCUT2D eigenvalue weighted by Gasteiger charge is -2.11. The molecule has 1 saturated heterocycles. The van der Waals surface area contributed by atoms with Crippen LogP contribution in [-0.2, 0) is 4.74 Å². The van der Waals surface area contributed by atoms with Gasteiger partial charge in [0.05, 0.1) is 13.2 Å². The van der Waals surface area contributed by atoms with Crippen LogP contribution in [-0.4, -0.2) is 39.5 Å². The summed E-state index contributed by atoms with van der Waals surface area (Å²) in [6.45, 7) is 3.47. The summed E-state index contributed by atoms with van der Waals surface area (Å²) in [4.78, 5) is 0. The highest BCUT2D eigenvalue weighted by molar-refractivity contribution is 5.31. The van der Waals surface area contributed by atoms with Gasteiger partial charge < -0.3 is 19.5 Å². The second-order valence-electron chi connectivity index (χ2n) is 4.70. The lowest BCUT2D eigenvalue weighted by atomic mass is 10.2. The minimum Gasteiger partial charge on any atom is -0.497 e. The molecule has 1 atom stereocenters. The van der Waals surface area contributed by atoms with Gasteiger partial charge in [-0.2, -0.15) is 0 Å². The smallest absolute Gasteiger partial charge is 0.119 e. The number of methoxy groups -OCH3 is 1. The van der Waals surface area contributed by atoms with Crippen LogP contribution in [0.3, 0.4) is 0 Å². The lowest BCUT2D eigenvalue weighted by Crippen LogP contribution is -2.24. The molecule has 1 N–H and O–H groups in total. The van der Waals surface area contributed by atoms with Gasteiger partial charge in [0.15, 0.2) is 0 Å². The number of hydrogen-bond acceptors (Lipinski definition) is 4. The van der Waals surface area contributed by atoms with Gasteiger partial charge in [-0.3, -0.25) is 0 Å². The molecule has 1 aliphatic heterocycles. The van der Waals surface area contributed by atoms with E-state index in [0.29, 0.717) is 12.7 Å². The van der Waals surface area contributed by atoms with Crippen molar-refractivity contribution in [1.29, 1.82) is 0 Å². The summed E-state index contributed by atoms with van der Waals surface area (Å²) in [5.74, 6) is 1.73. The van der Waals surface area contributed by atoms with E-state index < -0.39 is 0 Å². The van der Waals surface area contributed by atoms with Gasteiger partial charge in [-0.1, -0.05) is 0 Å². The Hall–Kier alpha value is -1.26. The van der Waals surface area contributed by atoms with E-state index in [1.54, 1.807) is 7.11 Å². The van der Waals surface area contributed by atoms with Crippen molar-refractivity contribution in [2.45, 2.75) is 25.4 Å². The van der Waals surface area contributed by atoms with Crippen LogP contribution in [0.4, 0.5) is 0 Å². The summed E-state index contributed by atoms with van der Waals surface area (Å²) in [7, 11) is 1.66. The first-order valence-electron chi connectivity index (χ1n) is 6.97. The summed E-state index contributed by atoms with van der Waals surface area (Å²) in [5.41, 5.74) is 0. The van der Waals surface area contributed by atoms with Crippen molar-refractivity contribution in [3.8, 4) is 11.5 Å². The molecule has 0 bridgehead atoms. The standard InChI is InChI=1S/C15H23NO3/c1-17-13-4-6-15(7-5-13)19-12-10-16-9-8-14-3-2-11-18-14/h4-7,14,16H,2-3,8-12H2,1H3. The first kappa shape index (κ1) is 14.2. The number of rotatable bonds is 8. The fourth-order valence-corrected chi connectivity index (χ4v) is 2.17. The molecule has 0 aliphatic carbocycles. The summed E-state index contributed by atoms with van der Waals surface area (Å²) >= 11 is 0. The quantitative estimate of drug-likeness (QED) is 0.732. The van der Waals surface area contributed by atoms with Crippen LogP contribution in [0.5, 0.6) is 11.5 Å². The highest BCUT2D eigenvalue weighted by Crippen LogP contribution is 2.16. The van der Waals surface area contributed by atoms with Gasteiger partial charge in [0, 0.05) is 13.2 Å². The Labute approximate surface area is 115 Å². The van der Waals surface area contributed by atoms with Gasteiger partial charge in [0.25, 0.3) is 0 Å². The molecule has 2 rings (SSSR count). The molecule has 0 amide bonds. The molecule has 4 heteroatoms. The Morgan fingerprint density at radius 2 is 2.00 bits per heavy atom. The molecule has 1 aromatic rings. The van der Waals surface area contributed by atoms with Gasteiger partial charge in [0.1, 0.15) is 18.1 Å². The second-order valence-corrected chi connectivity index (χ2v) is 4.70. The van der Waals surface area contributed by atoms with Gasteiger partial charge in [0.2, 0.25) is 0 Å². The second kappa shape index (κ2) is 8.02. The SMILES string of the molecule is COc1ccc(OCCNCCC2CCCO2)cc1. The Morgan fingerprint density at radius 3 is 2.68 bits per heavy atom. The third kappa shape index (κ3) is 5.09. The van der Waals surface area contributed by atoms with Gasteiger partial charge in [-0.05, 0) is 50.1 Å². The minimum atomic E-state index is 0.468. The van der Waals surface area contributed by atoms with Crippen LogP contribution < -0.4 is 14.8 Å². The van der Waals surface area contributed by atoms with Crippen LogP contribution in [0.1, 0.15) is 19.3 Å². The molecular weight excluding hydrogens is 242 g/mol. The van der Waals surface area contributed by atoms with E-state index >= 15 is 0 Å². The zero-order valence-corrected chi connectivity index (χ0v) is 11.6. The van der Waals surface area contributed by atoms with Crippen LogP contribution >= 0.6 is 0 Å². The summed E-state index contributed by atoms with van der Waals surface area (Å²) < 4.78 is 16.3. The van der Waals surface area contributed by atoms with Crippen molar-refractivity contribution in [1.82, 2.24) is 5.32 Å². The topological polar surface area (TPSA) is 39.7 Å². The number of ether oxygens (including phenoxy) is 3. The van der Waals surface area contributed by atoms with E-state index in [0.717, 1.165) is 37.6 Å². The average Bonchev–Trinajstić information content (AvgIpc) is 2.96. The van der Waals surface area contributed by atoms with E-state index in [2.05, 4.69) is 5.32 Å². The molecule has 1 aliphatic rings. The predicted molar refractivity (Wildman–Crippen MR) is 74.9 cm³/mol. The van der Waals surface area contributed by atoms with Crippen LogP contribution in [0.25, 0.3) is 0 Å². The van der Waals surface area contributed by atoms with Crippen molar-refractivity contribution in [2.24, 2.45) is 0 Å². The van der Waals surface area contributed by atoms with Gasteiger partial charge in [-0.25, -0.2) is 0 Å². The first-order valence-corrected chi connectivity index (χ1v) is 6.97. The normalized spacial score (nSPS) is 18.5. The van der Waals surface area contributed by atoms with Crippen molar-refractivity contribution in [3.05, 3.63) is 24.3 Å². The fourth-order valence-electron chi connectivity index (χ4n) is 2.17. The van der Waals surface area contributed by atoms with Gasteiger partial charge >= 0.3 is 0 Å². The Balaban J connectivity index is 1.51. The van der Waals surface area contributed by atoms with E-state index in [1.807, 2.05) is 24.3 Å². The van der Waals surface area contributed by atoms with E-state index in [9.17, 15) is 0 Å². The molecular formula is C15H23NO3. The predicted octanol–water partition coefficient (Wildman–Crippen LogP) is 2.23. The van der Waals surface area contributed by atoms with E-state index in [1.165, 1.54) is 12.8 Å². The lowest BCUT2D eigenvalue weighted by molar-refractivity contribution is 0.104.